The third kappa shape index (κ3) is 15.8. The van der Waals surface area contributed by atoms with Gasteiger partial charge in [-0.15, -0.1) is 11.3 Å². The highest BCUT2D eigenvalue weighted by Gasteiger charge is 2.47. The smallest absolute Gasteiger partial charge is 0.411 e. The van der Waals surface area contributed by atoms with Crippen molar-refractivity contribution in [3.63, 3.8) is 0 Å². The molecule has 2 aromatic heterocycles. The number of fused-ring (bicyclic) bond motifs is 4. The van der Waals surface area contributed by atoms with Crippen LogP contribution in [-0.4, -0.2) is 160 Å². The van der Waals surface area contributed by atoms with E-state index >= 15 is 8.78 Å². The summed E-state index contributed by atoms with van der Waals surface area (Å²) in [5.41, 5.74) is -0.0000196. The molecule has 6 heterocycles. The highest BCUT2D eigenvalue weighted by molar-refractivity contribution is 7.24. The quantitative estimate of drug-likeness (QED) is 0.0438. The number of aliphatic hydroxyl groups excluding tert-OH is 1. The summed E-state index contributed by atoms with van der Waals surface area (Å²) < 4.78 is 57.3. The zero-order chi connectivity index (χ0) is 67.7. The van der Waals surface area contributed by atoms with Crippen LogP contribution in [0.3, 0.4) is 0 Å². The van der Waals surface area contributed by atoms with Crippen LogP contribution < -0.4 is 25.6 Å². The standard InChI is InChI=1S/C69H82Cl2F2N10O10S/c1-38(39-19-21-40(22-20-39)45-17-12-13-18-48(45)70)75-61(86)51-32-44(84)36-82(51)63(87)59(67(2,3)4)76-52(85)27-31-90-30-15-29-80-28-14-16-43(80)37-91-64-77-56-47(60(78-64)81-34-41-23-24-42(35-81)83(41)66(89)93-69(8,9)10)33-49(71)53(55(56)73)46-25-26-50(72)58-54(46)57(74-11)62(94-58)79-65(88)92-68(5,6)7/h12-13,17-22,25-26,33,38,41-44,51,59,84H,14-16,23-24,27-32,34-37H2,1-10H3,(H,75,86)(H,76,85)(H,79,88)/t38-,41?,42?,43?,44+,51-,59+/m0/s1. The maximum absolute atomic E-state index is 17.9. The summed E-state index contributed by atoms with van der Waals surface area (Å²) in [5.74, 6) is -2.51. The molecule has 4 aromatic carbocycles. The van der Waals surface area contributed by atoms with Crippen LogP contribution in [0.1, 0.15) is 126 Å². The van der Waals surface area contributed by atoms with Crippen molar-refractivity contribution in [3.8, 4) is 28.3 Å². The van der Waals surface area contributed by atoms with Crippen molar-refractivity contribution in [3.05, 3.63) is 105 Å². The van der Waals surface area contributed by atoms with Gasteiger partial charge in [-0.05, 0) is 127 Å². The van der Waals surface area contributed by atoms with Gasteiger partial charge in [0.05, 0.1) is 47.1 Å². The van der Waals surface area contributed by atoms with Gasteiger partial charge >= 0.3 is 18.2 Å². The monoisotopic (exact) mass is 1350 g/mol. The lowest BCUT2D eigenvalue weighted by Crippen LogP contribution is -2.58. The van der Waals surface area contributed by atoms with Crippen molar-refractivity contribution >= 4 is 102 Å². The SMILES string of the molecule is [C-]#[N+]c1c(NC(=O)OC(C)(C)C)sc2c(F)ccc(-c3c(Cl)cc4c(N5CC6CCC(C5)N6C(=O)OC(C)(C)C)nc(OCC5CCCN5CCCOCCC(=O)N[C@H](C(=O)N5C[C@H](O)C[C@H]5C(=O)N[C@@H](C)c5ccc(-c6ccccc6Cl)cc5)C(C)(C)C)nc4c3F)c12. The number of likely N-dealkylation sites (tertiary alicyclic amines) is 2. The number of nitrogens with zero attached hydrogens (tertiary/aromatic N) is 7. The Bertz CT molecular complexity index is 3870. The Balaban J connectivity index is 0.786. The summed E-state index contributed by atoms with van der Waals surface area (Å²) in [6, 6.07) is 16.3. The summed E-state index contributed by atoms with van der Waals surface area (Å²) >= 11 is 14.4. The molecule has 2 bridgehead atoms. The Kier molecular flexibility index (Phi) is 21.0. The molecule has 4 N–H and O–H groups in total. The number of amides is 5. The Morgan fingerprint density at radius 3 is 2.22 bits per heavy atom. The number of β-amino-alcohol motifs (C(OH)–C–C–N with tert-alkyl or cyclic N) is 1. The average molecular weight is 1350 g/mol. The zero-order valence-corrected chi connectivity index (χ0v) is 57.0. The first kappa shape index (κ1) is 69.4. The van der Waals surface area contributed by atoms with E-state index in [9.17, 15) is 29.1 Å². The van der Waals surface area contributed by atoms with E-state index in [4.69, 9.17) is 58.7 Å². The average Bonchev–Trinajstić information content (AvgIpc) is 1.17. The van der Waals surface area contributed by atoms with Gasteiger partial charge in [0.25, 0.3) is 0 Å². The zero-order valence-electron chi connectivity index (χ0n) is 54.7. The minimum atomic E-state index is -1.01. The van der Waals surface area contributed by atoms with Gasteiger partial charge in [-0.25, -0.2) is 23.2 Å². The molecule has 94 heavy (non-hydrogen) atoms. The predicted molar refractivity (Wildman–Crippen MR) is 360 cm³/mol. The molecular formula is C69H82Cl2F2N10O10S. The fourth-order valence-corrected chi connectivity index (χ4v) is 14.5. The number of anilines is 2. The summed E-state index contributed by atoms with van der Waals surface area (Å²) in [4.78, 5) is 89.0. The van der Waals surface area contributed by atoms with Gasteiger partial charge in [0.2, 0.25) is 23.4 Å². The van der Waals surface area contributed by atoms with E-state index in [2.05, 4.69) is 25.7 Å². The second-order valence-corrected chi connectivity index (χ2v) is 29.6. The molecular weight excluding hydrogens is 1270 g/mol. The van der Waals surface area contributed by atoms with Crippen LogP contribution in [0.4, 0.5) is 34.9 Å². The number of benzene rings is 4. The third-order valence-corrected chi connectivity index (χ3v) is 19.1. The van der Waals surface area contributed by atoms with Crippen LogP contribution in [0.5, 0.6) is 6.01 Å². The molecule has 502 valence electrons. The molecule has 7 atom stereocenters. The van der Waals surface area contributed by atoms with Gasteiger partial charge in [0.15, 0.2) is 5.82 Å². The Labute approximate surface area is 560 Å². The van der Waals surface area contributed by atoms with Gasteiger partial charge in [0.1, 0.15) is 52.0 Å². The molecule has 4 saturated heterocycles. The number of nitrogens with one attached hydrogen (secondary N) is 3. The molecule has 4 aliphatic heterocycles. The molecule has 5 amide bonds. The summed E-state index contributed by atoms with van der Waals surface area (Å²) in [6.45, 7) is 28.6. The van der Waals surface area contributed by atoms with E-state index in [-0.39, 0.29) is 105 Å². The molecule has 0 saturated carbocycles. The van der Waals surface area contributed by atoms with E-state index in [1.54, 1.807) is 31.7 Å². The summed E-state index contributed by atoms with van der Waals surface area (Å²) in [6.07, 6.45) is 1.53. The van der Waals surface area contributed by atoms with Gasteiger partial charge in [-0.2, -0.15) is 9.97 Å². The van der Waals surface area contributed by atoms with Gasteiger partial charge in [-0.3, -0.25) is 29.5 Å². The third-order valence-electron chi connectivity index (χ3n) is 17.3. The number of carbonyl (C=O) groups is 5. The number of aromatic nitrogens is 2. The molecule has 3 unspecified atom stereocenters. The van der Waals surface area contributed by atoms with Crippen LogP contribution in [0.2, 0.25) is 10.0 Å². The van der Waals surface area contributed by atoms with E-state index in [1.807, 2.05) is 102 Å². The van der Waals surface area contributed by atoms with E-state index < -0.39 is 82.4 Å². The highest BCUT2D eigenvalue weighted by Crippen LogP contribution is 2.51. The molecule has 4 fully saturated rings. The number of aliphatic hydroxyl groups is 1. The Morgan fingerprint density at radius 2 is 1.55 bits per heavy atom. The van der Waals surface area contributed by atoms with E-state index in [0.717, 1.165) is 53.5 Å². The Morgan fingerprint density at radius 1 is 0.851 bits per heavy atom. The van der Waals surface area contributed by atoms with Crippen LogP contribution in [0, 0.1) is 23.6 Å². The highest BCUT2D eigenvalue weighted by atomic mass is 35.5. The number of hydrogen-bond donors (Lipinski definition) is 4. The normalized spacial score (nSPS) is 19.9. The summed E-state index contributed by atoms with van der Waals surface area (Å²) in [5, 5.41) is 20.2. The number of carbonyl (C=O) groups excluding carboxylic acids is 5. The maximum Gasteiger partial charge on any atom is 0.411 e. The van der Waals surface area contributed by atoms with Crippen molar-refractivity contribution in [2.75, 3.05) is 62.8 Å². The summed E-state index contributed by atoms with van der Waals surface area (Å²) in [7, 11) is 0. The van der Waals surface area contributed by atoms with Crippen LogP contribution in [0.15, 0.2) is 66.7 Å². The number of rotatable bonds is 19. The minimum Gasteiger partial charge on any atom is -0.462 e. The molecule has 0 aliphatic carbocycles. The topological polar surface area (TPSA) is 222 Å². The van der Waals surface area contributed by atoms with E-state index in [0.29, 0.717) is 56.3 Å². The van der Waals surface area contributed by atoms with Gasteiger partial charge in [-0.1, -0.05) is 92.5 Å². The first-order chi connectivity index (χ1) is 44.5. The number of thiophene rings is 1. The van der Waals surface area contributed by atoms with Crippen molar-refractivity contribution in [1.82, 2.24) is 35.3 Å². The first-order valence-electron chi connectivity index (χ1n) is 31.9. The number of hydrogen-bond acceptors (Lipinski definition) is 15. The lowest BCUT2D eigenvalue weighted by molar-refractivity contribution is -0.144. The second-order valence-electron chi connectivity index (χ2n) is 27.7. The molecule has 0 spiro atoms. The predicted octanol–water partition coefficient (Wildman–Crippen LogP) is 13.3. The molecule has 20 nitrogen and oxygen atoms in total. The van der Waals surface area contributed by atoms with Crippen molar-refractivity contribution in [1.29, 1.82) is 0 Å². The van der Waals surface area contributed by atoms with Crippen molar-refractivity contribution in [2.45, 2.75) is 168 Å². The van der Waals surface area contributed by atoms with Gasteiger partial charge < -0.3 is 44.5 Å². The minimum absolute atomic E-state index is 0.00810. The Hall–Kier alpha value is -7.46. The van der Waals surface area contributed by atoms with E-state index in [1.165, 1.54) is 11.0 Å². The largest absolute Gasteiger partial charge is 0.462 e. The number of halogens is 4. The lowest BCUT2D eigenvalue weighted by atomic mass is 9.85. The van der Waals surface area contributed by atoms with Crippen LogP contribution >= 0.6 is 34.5 Å². The fourth-order valence-electron chi connectivity index (χ4n) is 12.9. The number of ether oxygens (including phenoxy) is 4. The number of piperazine rings is 1. The molecule has 6 aromatic rings. The van der Waals surface area contributed by atoms with Crippen LogP contribution in [-0.2, 0) is 28.6 Å². The molecule has 10 rings (SSSR count). The van der Waals surface area contributed by atoms with Crippen LogP contribution in [0.25, 0.3) is 48.1 Å². The van der Waals surface area contributed by atoms with Gasteiger partial charge in [0, 0.05) is 78.6 Å². The second kappa shape index (κ2) is 28.5. The fraction of sp³-hybridized carbons (Fsp3) is 0.507. The molecule has 25 heteroatoms. The molecule has 0 radical (unpaired) electrons. The van der Waals surface area contributed by atoms with Crippen molar-refractivity contribution < 1.29 is 56.8 Å². The molecule has 4 aliphatic rings. The van der Waals surface area contributed by atoms with Crippen molar-refractivity contribution in [2.24, 2.45) is 5.41 Å². The maximum atomic E-state index is 17.9. The first-order valence-corrected chi connectivity index (χ1v) is 33.5. The lowest BCUT2D eigenvalue weighted by Gasteiger charge is -2.42.